The van der Waals surface area contributed by atoms with E-state index < -0.39 is 54.1 Å². The first-order valence-electron chi connectivity index (χ1n) is 14.0. The van der Waals surface area contributed by atoms with Crippen molar-refractivity contribution in [3.05, 3.63) is 20.8 Å². The van der Waals surface area contributed by atoms with Crippen LogP contribution in [0, 0.1) is 20.8 Å². The molecule has 0 saturated heterocycles. The molecule has 11 nitrogen and oxygen atoms in total. The Bertz CT molecular complexity index is 691. The van der Waals surface area contributed by atoms with Crippen LogP contribution in [0.2, 0.25) is 64.0 Å². The second-order valence-corrected chi connectivity index (χ2v) is 24.1. The fraction of sp³-hybridized carbons (Fsp3) is 0.880. The van der Waals surface area contributed by atoms with Crippen molar-refractivity contribution in [3.63, 3.8) is 0 Å². The zero-order chi connectivity index (χ0) is 34.0. The van der Waals surface area contributed by atoms with Gasteiger partial charge >= 0.3 is 48.7 Å². The van der Waals surface area contributed by atoms with Crippen LogP contribution in [-0.4, -0.2) is 125 Å². The van der Waals surface area contributed by atoms with Gasteiger partial charge in [-0.25, -0.2) is 6.10 Å². The van der Waals surface area contributed by atoms with E-state index in [0.717, 1.165) is 31.4 Å². The van der Waals surface area contributed by atoms with Gasteiger partial charge in [0, 0.05) is 78.6 Å². The van der Waals surface area contributed by atoms with Gasteiger partial charge < -0.3 is 58.9 Å². The van der Waals surface area contributed by atoms with Crippen molar-refractivity contribution < 1.29 is 146 Å². The third-order valence-electron chi connectivity index (χ3n) is 4.82. The monoisotopic (exact) mass is 872 g/mol. The third kappa shape index (κ3) is 62.8. The zero-order valence-electron chi connectivity index (χ0n) is 29.1. The Morgan fingerprint density at radius 1 is 0.711 bits per heavy atom. The van der Waals surface area contributed by atoms with E-state index >= 15 is 0 Å². The van der Waals surface area contributed by atoms with E-state index in [1.165, 1.54) is 0 Å². The number of aliphatic hydroxyl groups is 4. The van der Waals surface area contributed by atoms with Crippen LogP contribution in [0.15, 0.2) is 0 Å². The van der Waals surface area contributed by atoms with Crippen LogP contribution in [-0.2, 0) is 93.7 Å². The predicted octanol–water partition coefficient (Wildman–Crippen LogP) is -0.558. The van der Waals surface area contributed by atoms with Crippen LogP contribution in [0.25, 0.3) is 0 Å². The van der Waals surface area contributed by atoms with Crippen molar-refractivity contribution >= 4 is 51.5 Å². The summed E-state index contributed by atoms with van der Waals surface area (Å²) in [5, 5.41) is 34.9. The Balaban J connectivity index is -0.000000152. The largest absolute Gasteiger partial charge is 1.00 e. The molecule has 20 heteroatoms. The average molecular weight is 872 g/mol. The van der Waals surface area contributed by atoms with E-state index in [4.69, 9.17) is 56.2 Å². The van der Waals surface area contributed by atoms with Crippen LogP contribution >= 0.6 is 0 Å². The molecule has 0 aromatic carbocycles. The standard InChI is InChI=1S/C18H42B2O6Si3.C4H9O.C3H6O.Na.O3S.2Y/c1-27(2,11-7-9-23-15-17(21)13-19)25-29(5,6)26-28(3,4)12-8-10-24-16-18(22)14-20;1-3-4(2)5;1-3(2)4;;1-4(2)3;;/h17-18,21-22H,7-16H2,1-6H3;4-5H,2-3H2,1H3;3-4H,1-2H2;;;;/q;-1;-2;+1;;;. The minimum Gasteiger partial charge on any atom is -0.456 e. The van der Waals surface area contributed by atoms with E-state index in [-0.39, 0.29) is 127 Å². The maximum atomic E-state index is 9.41. The molecule has 0 aliphatic heterocycles. The second kappa shape index (κ2) is 38.5. The minimum atomic E-state index is -3.11. The first-order chi connectivity index (χ1) is 19.1. The van der Waals surface area contributed by atoms with Gasteiger partial charge in [-0.3, -0.25) is 0 Å². The summed E-state index contributed by atoms with van der Waals surface area (Å²) >= 11 is 0. The average Bonchev–Trinajstić information content (AvgIpc) is 2.81. The molecule has 256 valence electrons. The maximum absolute atomic E-state index is 9.41. The molecule has 0 rings (SSSR count). The van der Waals surface area contributed by atoms with Gasteiger partial charge in [-0.2, -0.15) is 0 Å². The molecule has 0 fully saturated rings. The van der Waals surface area contributed by atoms with Crippen molar-refractivity contribution in [2.75, 3.05) is 26.4 Å². The van der Waals surface area contributed by atoms with Crippen LogP contribution in [0.1, 0.15) is 26.2 Å². The number of ether oxygens (including phenoxy) is 2. The molecule has 0 spiro atoms. The van der Waals surface area contributed by atoms with Crippen molar-refractivity contribution in [3.8, 4) is 0 Å². The van der Waals surface area contributed by atoms with Crippen LogP contribution in [0.5, 0.6) is 0 Å². The summed E-state index contributed by atoms with van der Waals surface area (Å²) in [5.74, 6) is 0. The first kappa shape index (κ1) is 63.3. The summed E-state index contributed by atoms with van der Waals surface area (Å²) < 4.78 is 49.4. The Hall–Kier alpha value is 3.29. The van der Waals surface area contributed by atoms with Gasteiger partial charge in [0.15, 0.2) is 16.6 Å². The van der Waals surface area contributed by atoms with Crippen molar-refractivity contribution in [2.45, 2.75) is 115 Å². The summed E-state index contributed by atoms with van der Waals surface area (Å²) in [6.45, 7) is 26.3. The molecule has 0 aliphatic rings. The molecule has 0 heterocycles. The van der Waals surface area contributed by atoms with Crippen molar-refractivity contribution in [1.29, 1.82) is 0 Å². The molecule has 0 aromatic heterocycles. The second-order valence-electron chi connectivity index (χ2n) is 11.2. The SMILES string of the molecule is O=S(=O)=O.[B]CC(O)COCCC[Si](C)(C)O[Si](C)(C)O[Si](C)(C)CCCOCC(O)C[B].[CH2-]C(O)CC.[CH2-]C([CH2-])O.[Na+].[Y].[Y]. The van der Waals surface area contributed by atoms with E-state index in [1.807, 2.05) is 6.92 Å². The molecule has 0 aromatic rings. The van der Waals surface area contributed by atoms with E-state index in [9.17, 15) is 10.2 Å². The van der Waals surface area contributed by atoms with Gasteiger partial charge in [0.1, 0.15) is 0 Å². The van der Waals surface area contributed by atoms with Crippen LogP contribution < -0.4 is 29.6 Å². The molecule has 3 atom stereocenters. The summed E-state index contributed by atoms with van der Waals surface area (Å²) in [5.41, 5.74) is 0. The molecule has 0 aliphatic carbocycles. The van der Waals surface area contributed by atoms with Crippen LogP contribution in [0.3, 0.4) is 0 Å². The van der Waals surface area contributed by atoms with Crippen molar-refractivity contribution in [1.82, 2.24) is 0 Å². The first-order valence-corrected chi connectivity index (χ1v) is 24.0. The molecule has 4 N–H and O–H groups in total. The Morgan fingerprint density at radius 2 is 0.956 bits per heavy atom. The topological polar surface area (TPSA) is 169 Å². The fourth-order valence-corrected chi connectivity index (χ4v) is 17.2. The van der Waals surface area contributed by atoms with Gasteiger partial charge in [-0.05, 0) is 64.2 Å². The molecule has 0 saturated carbocycles. The number of hydrogen-bond donors (Lipinski definition) is 4. The summed E-state index contributed by atoms with van der Waals surface area (Å²) in [6, 6.07) is 1.98. The number of aliphatic hydroxyl groups excluding tert-OH is 4. The van der Waals surface area contributed by atoms with Gasteiger partial charge in [-0.1, -0.05) is 32.1 Å². The molecular formula is C25H57B2NaO11SSi3Y2-2. The van der Waals surface area contributed by atoms with Gasteiger partial charge in [0.05, 0.1) is 41.1 Å². The van der Waals surface area contributed by atoms with Gasteiger partial charge in [-0.15, -0.1) is 12.6 Å². The van der Waals surface area contributed by atoms with Gasteiger partial charge in [0.25, 0.3) is 0 Å². The van der Waals surface area contributed by atoms with E-state index in [0.29, 0.717) is 13.2 Å². The van der Waals surface area contributed by atoms with E-state index in [1.54, 1.807) is 0 Å². The molecule has 0 bridgehead atoms. The maximum Gasteiger partial charge on any atom is 1.00 e. The molecule has 0 amide bonds. The number of rotatable bonds is 19. The Kier molecular flexibility index (Phi) is 54.2. The van der Waals surface area contributed by atoms with Gasteiger partial charge in [0.2, 0.25) is 0 Å². The smallest absolute Gasteiger partial charge is 0.456 e. The Morgan fingerprint density at radius 3 is 1.16 bits per heavy atom. The Labute approximate surface area is 354 Å². The number of hydrogen-bond acceptors (Lipinski definition) is 11. The fourth-order valence-electron chi connectivity index (χ4n) is 3.23. The summed E-state index contributed by atoms with van der Waals surface area (Å²) in [7, 11) is 1.68. The van der Waals surface area contributed by atoms with E-state index in [2.05, 4.69) is 60.1 Å². The molecule has 3 unspecified atom stereocenters. The predicted molar refractivity (Wildman–Crippen MR) is 176 cm³/mol. The third-order valence-corrected chi connectivity index (χ3v) is 16.3. The summed E-state index contributed by atoms with van der Waals surface area (Å²) in [6.07, 6.45) is 0.819. The molecule has 6 radical (unpaired) electrons. The van der Waals surface area contributed by atoms with Crippen molar-refractivity contribution in [2.24, 2.45) is 0 Å². The quantitative estimate of drug-likeness (QED) is 0.0747. The van der Waals surface area contributed by atoms with Crippen LogP contribution in [0.4, 0.5) is 0 Å². The normalized spacial score (nSPS) is 13.0. The minimum absolute atomic E-state index is 0. The summed E-state index contributed by atoms with van der Waals surface area (Å²) in [4.78, 5) is 0. The molecular weight excluding hydrogens is 815 g/mol. The zero-order valence-corrected chi connectivity index (χ0v) is 40.6. The molecule has 45 heavy (non-hydrogen) atoms.